The van der Waals surface area contributed by atoms with E-state index in [-0.39, 0.29) is 25.0 Å². The highest BCUT2D eigenvalue weighted by molar-refractivity contribution is 5.76. The van der Waals surface area contributed by atoms with Crippen molar-refractivity contribution in [2.24, 2.45) is 0 Å². The van der Waals surface area contributed by atoms with Gasteiger partial charge in [-0.05, 0) is 18.9 Å². The number of hydrogen-bond acceptors (Lipinski definition) is 4. The summed E-state index contributed by atoms with van der Waals surface area (Å²) in [6, 6.07) is 1.84. The van der Waals surface area contributed by atoms with Gasteiger partial charge in [-0.3, -0.25) is 14.3 Å². The van der Waals surface area contributed by atoms with Gasteiger partial charge in [0, 0.05) is 38.4 Å². The number of rotatable bonds is 7. The van der Waals surface area contributed by atoms with Gasteiger partial charge in [0.15, 0.2) is 0 Å². The molecule has 1 amide bonds. The van der Waals surface area contributed by atoms with Crippen molar-refractivity contribution < 1.29 is 19.4 Å². The van der Waals surface area contributed by atoms with Crippen LogP contribution in [0.15, 0.2) is 18.5 Å². The summed E-state index contributed by atoms with van der Waals surface area (Å²) in [4.78, 5) is 24.3. The Kier molecular flexibility index (Phi) is 5.74. The second-order valence-electron chi connectivity index (χ2n) is 5.11. The number of nitrogens with zero attached hydrogens (tertiary/aromatic N) is 3. The van der Waals surface area contributed by atoms with Crippen molar-refractivity contribution in [3.05, 3.63) is 18.5 Å². The van der Waals surface area contributed by atoms with E-state index < -0.39 is 5.97 Å². The number of aromatic nitrogens is 2. The number of aliphatic carboxylic acids is 1. The zero-order valence-electron chi connectivity index (χ0n) is 12.0. The molecule has 1 N–H and O–H groups in total. The molecule has 21 heavy (non-hydrogen) atoms. The minimum atomic E-state index is -0.846. The van der Waals surface area contributed by atoms with Crippen LogP contribution in [0, 0.1) is 0 Å². The molecule has 116 valence electrons. The maximum atomic E-state index is 12.1. The van der Waals surface area contributed by atoms with E-state index in [0.717, 1.165) is 12.8 Å². The quantitative estimate of drug-likeness (QED) is 0.802. The van der Waals surface area contributed by atoms with Gasteiger partial charge >= 0.3 is 5.97 Å². The van der Waals surface area contributed by atoms with Crippen LogP contribution in [0.2, 0.25) is 0 Å². The molecule has 7 heteroatoms. The number of aryl methyl sites for hydroxylation is 1. The Hall–Kier alpha value is -1.89. The van der Waals surface area contributed by atoms with Crippen LogP contribution in [0.25, 0.3) is 0 Å². The monoisotopic (exact) mass is 295 g/mol. The standard InChI is InChI=1S/C14H21N3O4/c18-13(4-10-17-7-1-6-15-17)16-8-2-12(3-9-16)21-11-5-14(19)20/h1,6-7,12H,2-5,8-11H2,(H,19,20). The summed E-state index contributed by atoms with van der Waals surface area (Å²) in [5, 5.41) is 12.6. The van der Waals surface area contributed by atoms with E-state index in [1.807, 2.05) is 17.2 Å². The Bertz CT molecular complexity index is 453. The van der Waals surface area contributed by atoms with Crippen LogP contribution < -0.4 is 0 Å². The summed E-state index contributed by atoms with van der Waals surface area (Å²) in [7, 11) is 0. The molecule has 0 unspecified atom stereocenters. The first-order valence-electron chi connectivity index (χ1n) is 7.24. The van der Waals surface area contributed by atoms with E-state index in [4.69, 9.17) is 9.84 Å². The van der Waals surface area contributed by atoms with Gasteiger partial charge in [-0.25, -0.2) is 0 Å². The van der Waals surface area contributed by atoms with Gasteiger partial charge in [-0.15, -0.1) is 0 Å². The summed E-state index contributed by atoms with van der Waals surface area (Å²) >= 11 is 0. The van der Waals surface area contributed by atoms with E-state index in [2.05, 4.69) is 5.10 Å². The SMILES string of the molecule is O=C(O)CCOC1CCN(C(=O)CCn2cccn2)CC1. The number of carbonyl (C=O) groups excluding carboxylic acids is 1. The lowest BCUT2D eigenvalue weighted by atomic mass is 10.1. The molecule has 7 nitrogen and oxygen atoms in total. The molecule has 0 saturated carbocycles. The third-order valence-corrected chi connectivity index (χ3v) is 3.58. The van der Waals surface area contributed by atoms with Gasteiger partial charge in [0.05, 0.1) is 19.1 Å². The molecule has 1 aromatic heterocycles. The molecular formula is C14H21N3O4. The van der Waals surface area contributed by atoms with Gasteiger partial charge < -0.3 is 14.7 Å². The van der Waals surface area contributed by atoms with Crippen LogP contribution in [0.1, 0.15) is 25.7 Å². The average Bonchev–Trinajstić information content (AvgIpc) is 2.98. The first-order valence-corrected chi connectivity index (χ1v) is 7.24. The fourth-order valence-electron chi connectivity index (χ4n) is 2.39. The van der Waals surface area contributed by atoms with Gasteiger partial charge in [-0.2, -0.15) is 5.10 Å². The molecule has 1 saturated heterocycles. The van der Waals surface area contributed by atoms with Crippen molar-refractivity contribution in [3.63, 3.8) is 0 Å². The van der Waals surface area contributed by atoms with Crippen LogP contribution in [-0.4, -0.2) is 57.5 Å². The molecule has 1 aromatic rings. The maximum absolute atomic E-state index is 12.1. The number of carbonyl (C=O) groups is 2. The van der Waals surface area contributed by atoms with Crippen molar-refractivity contribution in [2.45, 2.75) is 38.3 Å². The first kappa shape index (κ1) is 15.5. The maximum Gasteiger partial charge on any atom is 0.305 e. The number of piperidine rings is 1. The van der Waals surface area contributed by atoms with Gasteiger partial charge in [0.1, 0.15) is 0 Å². The average molecular weight is 295 g/mol. The minimum Gasteiger partial charge on any atom is -0.481 e. The lowest BCUT2D eigenvalue weighted by Crippen LogP contribution is -2.41. The smallest absolute Gasteiger partial charge is 0.305 e. The highest BCUT2D eigenvalue weighted by Crippen LogP contribution is 2.15. The molecule has 1 fully saturated rings. The second-order valence-corrected chi connectivity index (χ2v) is 5.11. The topological polar surface area (TPSA) is 84.7 Å². The van der Waals surface area contributed by atoms with Crippen molar-refractivity contribution >= 4 is 11.9 Å². The summed E-state index contributed by atoms with van der Waals surface area (Å²) in [5.74, 6) is -0.712. The van der Waals surface area contributed by atoms with Crippen LogP contribution in [0.4, 0.5) is 0 Å². The van der Waals surface area contributed by atoms with Crippen molar-refractivity contribution in [1.29, 1.82) is 0 Å². The largest absolute Gasteiger partial charge is 0.481 e. The summed E-state index contributed by atoms with van der Waals surface area (Å²) in [6.07, 6.45) is 5.63. The van der Waals surface area contributed by atoms with Crippen molar-refractivity contribution in [2.75, 3.05) is 19.7 Å². The number of amides is 1. The fourth-order valence-corrected chi connectivity index (χ4v) is 2.39. The third kappa shape index (κ3) is 5.18. The molecule has 0 atom stereocenters. The molecule has 0 aromatic carbocycles. The first-order chi connectivity index (χ1) is 10.1. The molecule has 0 aliphatic carbocycles. The number of hydrogen-bond donors (Lipinski definition) is 1. The Morgan fingerprint density at radius 1 is 1.29 bits per heavy atom. The van der Waals surface area contributed by atoms with Crippen LogP contribution in [0.3, 0.4) is 0 Å². The lowest BCUT2D eigenvalue weighted by Gasteiger charge is -2.32. The highest BCUT2D eigenvalue weighted by atomic mass is 16.5. The molecular weight excluding hydrogens is 274 g/mol. The van der Waals surface area contributed by atoms with E-state index in [1.54, 1.807) is 10.9 Å². The molecule has 0 spiro atoms. The molecule has 0 radical (unpaired) electrons. The molecule has 2 rings (SSSR count). The second kappa shape index (κ2) is 7.78. The van der Waals surface area contributed by atoms with Gasteiger partial charge in [-0.1, -0.05) is 0 Å². The van der Waals surface area contributed by atoms with Gasteiger partial charge in [0.25, 0.3) is 0 Å². The van der Waals surface area contributed by atoms with Crippen molar-refractivity contribution in [1.82, 2.24) is 14.7 Å². The Morgan fingerprint density at radius 3 is 2.67 bits per heavy atom. The number of likely N-dealkylation sites (tertiary alicyclic amines) is 1. The Balaban J connectivity index is 1.63. The number of carboxylic acids is 1. The molecule has 0 bridgehead atoms. The lowest BCUT2D eigenvalue weighted by molar-refractivity contribution is -0.139. The predicted octanol–water partition coefficient (Wildman–Crippen LogP) is 0.755. The third-order valence-electron chi connectivity index (χ3n) is 3.58. The van der Waals surface area contributed by atoms with Gasteiger partial charge in [0.2, 0.25) is 5.91 Å². The highest BCUT2D eigenvalue weighted by Gasteiger charge is 2.23. The summed E-state index contributed by atoms with van der Waals surface area (Å²) < 4.78 is 7.26. The van der Waals surface area contributed by atoms with Crippen LogP contribution >= 0.6 is 0 Å². The van der Waals surface area contributed by atoms with E-state index in [9.17, 15) is 9.59 Å². The summed E-state index contributed by atoms with van der Waals surface area (Å²) in [5.41, 5.74) is 0. The fraction of sp³-hybridized carbons (Fsp3) is 0.643. The molecule has 1 aliphatic rings. The minimum absolute atomic E-state index is 0.0308. The Morgan fingerprint density at radius 2 is 2.05 bits per heavy atom. The predicted molar refractivity (Wildman–Crippen MR) is 74.7 cm³/mol. The summed E-state index contributed by atoms with van der Waals surface area (Å²) in [6.45, 7) is 2.19. The number of ether oxygens (including phenoxy) is 1. The van der Waals surface area contributed by atoms with E-state index >= 15 is 0 Å². The van der Waals surface area contributed by atoms with E-state index in [1.165, 1.54) is 0 Å². The molecule has 1 aliphatic heterocycles. The van der Waals surface area contributed by atoms with E-state index in [0.29, 0.717) is 26.1 Å². The van der Waals surface area contributed by atoms with Crippen LogP contribution in [-0.2, 0) is 20.9 Å². The van der Waals surface area contributed by atoms with Crippen molar-refractivity contribution in [3.8, 4) is 0 Å². The van der Waals surface area contributed by atoms with Crippen LogP contribution in [0.5, 0.6) is 0 Å². The number of carboxylic acid groups (broad SMARTS) is 1. The zero-order valence-corrected chi connectivity index (χ0v) is 12.0. The normalized spacial score (nSPS) is 16.1. The zero-order chi connectivity index (χ0) is 15.1. The Labute approximate surface area is 123 Å². The molecule has 2 heterocycles.